The Bertz CT molecular complexity index is 814. The number of esters is 1. The van der Waals surface area contributed by atoms with Crippen molar-refractivity contribution in [2.24, 2.45) is 5.92 Å². The first kappa shape index (κ1) is 18.8. The minimum Gasteiger partial charge on any atom is -0.466 e. The molecule has 0 bridgehead atoms. The zero-order valence-corrected chi connectivity index (χ0v) is 15.4. The summed E-state index contributed by atoms with van der Waals surface area (Å²) in [4.78, 5) is 38.9. The number of amides is 1. The largest absolute Gasteiger partial charge is 0.466 e. The topological polar surface area (TPSA) is 63.7 Å². The molecule has 27 heavy (non-hydrogen) atoms. The van der Waals surface area contributed by atoms with Gasteiger partial charge in [-0.1, -0.05) is 42.5 Å². The highest BCUT2D eigenvalue weighted by molar-refractivity contribution is 6.09. The maximum atomic E-state index is 12.8. The van der Waals surface area contributed by atoms with Crippen LogP contribution >= 0.6 is 0 Å². The molecule has 0 aromatic heterocycles. The molecule has 0 saturated carbocycles. The summed E-state index contributed by atoms with van der Waals surface area (Å²) >= 11 is 0. The molecule has 1 amide bonds. The zero-order chi connectivity index (χ0) is 19.2. The highest BCUT2D eigenvalue weighted by Crippen LogP contribution is 2.20. The second kappa shape index (κ2) is 8.62. The lowest BCUT2D eigenvalue weighted by Gasteiger charge is -2.31. The van der Waals surface area contributed by atoms with Crippen molar-refractivity contribution in [3.63, 3.8) is 0 Å². The van der Waals surface area contributed by atoms with Gasteiger partial charge in [-0.3, -0.25) is 14.4 Å². The Kier molecular flexibility index (Phi) is 6.01. The lowest BCUT2D eigenvalue weighted by molar-refractivity contribution is -0.149. The number of hydrogen-bond acceptors (Lipinski definition) is 4. The molecule has 5 heteroatoms. The van der Waals surface area contributed by atoms with E-state index in [1.807, 2.05) is 18.2 Å². The molecule has 1 aliphatic heterocycles. The van der Waals surface area contributed by atoms with Crippen LogP contribution in [0.3, 0.4) is 0 Å². The van der Waals surface area contributed by atoms with Crippen LogP contribution in [-0.2, 0) is 9.53 Å². The number of ether oxygens (including phenoxy) is 1. The number of nitrogens with zero attached hydrogens (tertiary/aromatic N) is 1. The van der Waals surface area contributed by atoms with Gasteiger partial charge in [0.2, 0.25) is 0 Å². The number of carbonyl (C=O) groups excluding carboxylic acids is 3. The lowest BCUT2D eigenvalue weighted by atomic mass is 9.97. The van der Waals surface area contributed by atoms with Gasteiger partial charge in [0.15, 0.2) is 5.78 Å². The van der Waals surface area contributed by atoms with E-state index in [1.54, 1.807) is 48.2 Å². The number of likely N-dealkylation sites (tertiary alicyclic amines) is 1. The fourth-order valence-corrected chi connectivity index (χ4v) is 3.32. The summed E-state index contributed by atoms with van der Waals surface area (Å²) in [5, 5.41) is 0. The van der Waals surface area contributed by atoms with Crippen LogP contribution in [0.5, 0.6) is 0 Å². The molecule has 1 heterocycles. The Morgan fingerprint density at radius 2 is 1.59 bits per heavy atom. The molecular weight excluding hydrogens is 342 g/mol. The normalized spacial score (nSPS) is 16.6. The van der Waals surface area contributed by atoms with E-state index in [9.17, 15) is 14.4 Å². The summed E-state index contributed by atoms with van der Waals surface area (Å²) in [6, 6.07) is 15.7. The van der Waals surface area contributed by atoms with Crippen LogP contribution in [0, 0.1) is 5.92 Å². The summed E-state index contributed by atoms with van der Waals surface area (Å²) in [5.74, 6) is -0.696. The quantitative estimate of drug-likeness (QED) is 0.602. The molecule has 1 fully saturated rings. The molecule has 0 aliphatic carbocycles. The van der Waals surface area contributed by atoms with Crippen molar-refractivity contribution in [2.75, 3.05) is 19.7 Å². The fourth-order valence-electron chi connectivity index (χ4n) is 3.32. The number of ketones is 1. The van der Waals surface area contributed by atoms with E-state index in [0.29, 0.717) is 36.4 Å². The van der Waals surface area contributed by atoms with E-state index in [1.165, 1.54) is 0 Å². The molecule has 0 N–H and O–H groups in total. The molecule has 1 atom stereocenters. The maximum Gasteiger partial charge on any atom is 0.310 e. The van der Waals surface area contributed by atoms with Gasteiger partial charge in [0.05, 0.1) is 12.5 Å². The van der Waals surface area contributed by atoms with Gasteiger partial charge in [0.1, 0.15) is 0 Å². The third-order valence-electron chi connectivity index (χ3n) is 4.76. The van der Waals surface area contributed by atoms with Crippen LogP contribution in [0.15, 0.2) is 54.6 Å². The Morgan fingerprint density at radius 3 is 2.26 bits per heavy atom. The van der Waals surface area contributed by atoms with Gasteiger partial charge in [-0.2, -0.15) is 0 Å². The zero-order valence-electron chi connectivity index (χ0n) is 15.4. The highest BCUT2D eigenvalue weighted by Gasteiger charge is 2.29. The molecule has 2 aromatic carbocycles. The Labute approximate surface area is 158 Å². The molecule has 140 valence electrons. The first-order valence-corrected chi connectivity index (χ1v) is 9.26. The highest BCUT2D eigenvalue weighted by atomic mass is 16.5. The Hall–Kier alpha value is -2.95. The van der Waals surface area contributed by atoms with Gasteiger partial charge in [0.25, 0.3) is 5.91 Å². The second-order valence-corrected chi connectivity index (χ2v) is 6.61. The monoisotopic (exact) mass is 365 g/mol. The minimum atomic E-state index is -0.262. The molecule has 3 rings (SSSR count). The van der Waals surface area contributed by atoms with E-state index in [-0.39, 0.29) is 23.6 Å². The fraction of sp³-hybridized carbons (Fsp3) is 0.318. The predicted molar refractivity (Wildman–Crippen MR) is 102 cm³/mol. The Morgan fingerprint density at radius 1 is 0.963 bits per heavy atom. The first-order chi connectivity index (χ1) is 13.1. The first-order valence-electron chi connectivity index (χ1n) is 9.26. The number of carbonyl (C=O) groups is 3. The minimum absolute atomic E-state index is 0.0741. The summed E-state index contributed by atoms with van der Waals surface area (Å²) in [6.45, 7) is 3.13. The number of piperidine rings is 1. The summed E-state index contributed by atoms with van der Waals surface area (Å²) < 4.78 is 5.08. The van der Waals surface area contributed by atoms with Crippen LogP contribution < -0.4 is 0 Å². The molecular formula is C22H23NO4. The molecule has 1 saturated heterocycles. The van der Waals surface area contributed by atoms with Crippen LogP contribution in [-0.4, -0.2) is 42.3 Å². The van der Waals surface area contributed by atoms with E-state index < -0.39 is 0 Å². The van der Waals surface area contributed by atoms with E-state index >= 15 is 0 Å². The van der Waals surface area contributed by atoms with E-state index in [2.05, 4.69) is 0 Å². The predicted octanol–water partition coefficient (Wildman–Crippen LogP) is 3.33. The molecule has 0 radical (unpaired) electrons. The number of rotatable bonds is 5. The standard InChI is InChI=1S/C22H23NO4/c1-2-27-22(26)19-9-6-14-23(15-19)21(25)18-12-10-17(11-13-18)20(24)16-7-4-3-5-8-16/h3-5,7-8,10-13,19H,2,6,9,14-15H2,1H3/t19-/m0/s1. The summed E-state index contributed by atoms with van der Waals surface area (Å²) in [6.07, 6.45) is 1.52. The average Bonchev–Trinajstić information content (AvgIpc) is 2.73. The van der Waals surface area contributed by atoms with Crippen molar-refractivity contribution < 1.29 is 19.1 Å². The van der Waals surface area contributed by atoms with Gasteiger partial charge in [-0.05, 0) is 31.9 Å². The van der Waals surface area contributed by atoms with Crippen LogP contribution in [0.1, 0.15) is 46.0 Å². The van der Waals surface area contributed by atoms with Crippen molar-refractivity contribution in [2.45, 2.75) is 19.8 Å². The van der Waals surface area contributed by atoms with Crippen molar-refractivity contribution in [1.82, 2.24) is 4.90 Å². The molecule has 1 aliphatic rings. The summed E-state index contributed by atoms with van der Waals surface area (Å²) in [7, 11) is 0. The molecule has 0 unspecified atom stereocenters. The van der Waals surface area contributed by atoms with E-state index in [0.717, 1.165) is 12.8 Å². The number of hydrogen-bond donors (Lipinski definition) is 0. The van der Waals surface area contributed by atoms with E-state index in [4.69, 9.17) is 4.74 Å². The van der Waals surface area contributed by atoms with Gasteiger partial charge >= 0.3 is 5.97 Å². The maximum absolute atomic E-state index is 12.8. The average molecular weight is 365 g/mol. The van der Waals surface area contributed by atoms with Crippen molar-refractivity contribution in [3.8, 4) is 0 Å². The smallest absolute Gasteiger partial charge is 0.310 e. The SMILES string of the molecule is CCOC(=O)[C@H]1CCCN(C(=O)c2ccc(C(=O)c3ccccc3)cc2)C1. The van der Waals surface area contributed by atoms with Crippen LogP contribution in [0.2, 0.25) is 0 Å². The molecule has 0 spiro atoms. The van der Waals surface area contributed by atoms with Crippen molar-refractivity contribution in [3.05, 3.63) is 71.3 Å². The third-order valence-corrected chi connectivity index (χ3v) is 4.76. The van der Waals surface area contributed by atoms with Gasteiger partial charge in [-0.15, -0.1) is 0 Å². The van der Waals surface area contributed by atoms with Crippen LogP contribution in [0.25, 0.3) is 0 Å². The lowest BCUT2D eigenvalue weighted by Crippen LogP contribution is -2.42. The van der Waals surface area contributed by atoms with Crippen LogP contribution in [0.4, 0.5) is 0 Å². The molecule has 2 aromatic rings. The van der Waals surface area contributed by atoms with Gasteiger partial charge in [-0.25, -0.2) is 0 Å². The van der Waals surface area contributed by atoms with Gasteiger partial charge < -0.3 is 9.64 Å². The van der Waals surface area contributed by atoms with Crippen molar-refractivity contribution >= 4 is 17.7 Å². The summed E-state index contributed by atoms with van der Waals surface area (Å²) in [5.41, 5.74) is 1.68. The van der Waals surface area contributed by atoms with Crippen molar-refractivity contribution in [1.29, 1.82) is 0 Å². The second-order valence-electron chi connectivity index (χ2n) is 6.61. The van der Waals surface area contributed by atoms with Gasteiger partial charge in [0, 0.05) is 29.8 Å². The Balaban J connectivity index is 1.68. The number of benzene rings is 2. The third kappa shape index (κ3) is 4.42. The molecule has 5 nitrogen and oxygen atoms in total.